The summed E-state index contributed by atoms with van der Waals surface area (Å²) < 4.78 is 27.2. The summed E-state index contributed by atoms with van der Waals surface area (Å²) in [6.45, 7) is 0.961. The molecule has 3 N–H and O–H groups in total. The third-order valence-electron chi connectivity index (χ3n) is 3.75. The van der Waals surface area contributed by atoms with Crippen LogP contribution in [0.15, 0.2) is 18.2 Å². The Morgan fingerprint density at radius 1 is 1.28 bits per heavy atom. The van der Waals surface area contributed by atoms with Crippen LogP contribution in [0.4, 0.5) is 8.78 Å². The van der Waals surface area contributed by atoms with Crippen LogP contribution in [0.3, 0.4) is 0 Å². The van der Waals surface area contributed by atoms with E-state index < -0.39 is 17.7 Å². The molecule has 0 spiro atoms. The zero-order valence-electron chi connectivity index (χ0n) is 10.5. The maximum atomic E-state index is 13.6. The number of nitrogens with one attached hydrogen (secondary N) is 1. The first kappa shape index (κ1) is 13.4. The van der Waals surface area contributed by atoms with Crippen molar-refractivity contribution in [3.63, 3.8) is 0 Å². The van der Waals surface area contributed by atoms with Crippen LogP contribution >= 0.6 is 0 Å². The minimum atomic E-state index is -0.526. The monoisotopic (exact) mass is 254 g/mol. The van der Waals surface area contributed by atoms with Crippen molar-refractivity contribution in [2.45, 2.75) is 31.7 Å². The second kappa shape index (κ2) is 6.25. The standard InChI is InChI=1S/C14H20F2N2/c15-11-5-2-6-12(16)14(11)13(9-17)18-8-7-10-3-1-4-10/h2,5-6,10,13,18H,1,3-4,7-9,17H2. The summed E-state index contributed by atoms with van der Waals surface area (Å²) in [5.74, 6) is -0.274. The third kappa shape index (κ3) is 3.06. The highest BCUT2D eigenvalue weighted by Gasteiger charge is 2.20. The van der Waals surface area contributed by atoms with E-state index >= 15 is 0 Å². The number of rotatable bonds is 6. The van der Waals surface area contributed by atoms with E-state index in [1.807, 2.05) is 0 Å². The quantitative estimate of drug-likeness (QED) is 0.819. The Balaban J connectivity index is 1.94. The first-order chi connectivity index (χ1) is 8.72. The number of hydrogen-bond donors (Lipinski definition) is 2. The van der Waals surface area contributed by atoms with E-state index in [0.717, 1.165) is 18.9 Å². The van der Waals surface area contributed by atoms with E-state index in [1.54, 1.807) is 0 Å². The molecule has 1 atom stereocenters. The van der Waals surface area contributed by atoms with Gasteiger partial charge < -0.3 is 11.1 Å². The van der Waals surface area contributed by atoms with E-state index in [9.17, 15) is 8.78 Å². The van der Waals surface area contributed by atoms with Gasteiger partial charge in [0.15, 0.2) is 0 Å². The van der Waals surface area contributed by atoms with Crippen LogP contribution in [0.1, 0.15) is 37.3 Å². The first-order valence-electron chi connectivity index (χ1n) is 6.59. The molecule has 2 nitrogen and oxygen atoms in total. The van der Waals surface area contributed by atoms with Crippen LogP contribution in [-0.2, 0) is 0 Å². The van der Waals surface area contributed by atoms with Gasteiger partial charge in [-0.2, -0.15) is 0 Å². The normalized spacial score (nSPS) is 17.5. The van der Waals surface area contributed by atoms with Crippen LogP contribution in [0.2, 0.25) is 0 Å². The molecule has 1 aliphatic carbocycles. The van der Waals surface area contributed by atoms with Crippen molar-refractivity contribution in [3.8, 4) is 0 Å². The Hall–Kier alpha value is -1.00. The van der Waals surface area contributed by atoms with Crippen LogP contribution in [-0.4, -0.2) is 13.1 Å². The second-order valence-corrected chi connectivity index (χ2v) is 4.96. The molecule has 1 saturated carbocycles. The molecule has 18 heavy (non-hydrogen) atoms. The Morgan fingerprint density at radius 2 is 1.94 bits per heavy atom. The number of nitrogens with two attached hydrogens (primary N) is 1. The summed E-state index contributed by atoms with van der Waals surface area (Å²) in [6.07, 6.45) is 4.94. The summed E-state index contributed by atoms with van der Waals surface area (Å²) in [4.78, 5) is 0. The molecule has 0 saturated heterocycles. The van der Waals surface area contributed by atoms with Gasteiger partial charge in [0.1, 0.15) is 11.6 Å². The van der Waals surface area contributed by atoms with Gasteiger partial charge in [-0.15, -0.1) is 0 Å². The van der Waals surface area contributed by atoms with Crippen molar-refractivity contribution in [2.75, 3.05) is 13.1 Å². The highest BCUT2D eigenvalue weighted by molar-refractivity contribution is 5.23. The smallest absolute Gasteiger partial charge is 0.130 e. The highest BCUT2D eigenvalue weighted by Crippen LogP contribution is 2.29. The van der Waals surface area contributed by atoms with Crippen molar-refractivity contribution < 1.29 is 8.78 Å². The zero-order valence-corrected chi connectivity index (χ0v) is 10.5. The Labute approximate surface area is 107 Å². The fourth-order valence-electron chi connectivity index (χ4n) is 2.39. The molecule has 1 aliphatic rings. The molecule has 0 aliphatic heterocycles. The second-order valence-electron chi connectivity index (χ2n) is 4.96. The fraction of sp³-hybridized carbons (Fsp3) is 0.571. The molecule has 0 heterocycles. The van der Waals surface area contributed by atoms with E-state index in [0.29, 0.717) is 0 Å². The molecule has 1 aromatic rings. The van der Waals surface area contributed by atoms with Crippen LogP contribution in [0.25, 0.3) is 0 Å². The molecule has 1 aromatic carbocycles. The largest absolute Gasteiger partial charge is 0.329 e. The first-order valence-corrected chi connectivity index (χ1v) is 6.59. The molecule has 0 radical (unpaired) electrons. The van der Waals surface area contributed by atoms with Gasteiger partial charge in [0.25, 0.3) is 0 Å². The van der Waals surface area contributed by atoms with Gasteiger partial charge in [-0.3, -0.25) is 0 Å². The summed E-state index contributed by atoms with van der Waals surface area (Å²) in [5, 5.41) is 3.16. The average Bonchev–Trinajstić information content (AvgIpc) is 2.29. The molecule has 0 bridgehead atoms. The van der Waals surface area contributed by atoms with Crippen molar-refractivity contribution in [2.24, 2.45) is 11.7 Å². The van der Waals surface area contributed by atoms with Crippen LogP contribution in [0.5, 0.6) is 0 Å². The maximum absolute atomic E-state index is 13.6. The maximum Gasteiger partial charge on any atom is 0.130 e. The van der Waals surface area contributed by atoms with Gasteiger partial charge >= 0.3 is 0 Å². The zero-order chi connectivity index (χ0) is 13.0. The van der Waals surface area contributed by atoms with Gasteiger partial charge in [0.2, 0.25) is 0 Å². The number of halogens is 2. The van der Waals surface area contributed by atoms with Gasteiger partial charge in [-0.05, 0) is 31.0 Å². The number of benzene rings is 1. The molecule has 2 rings (SSSR count). The highest BCUT2D eigenvalue weighted by atomic mass is 19.1. The lowest BCUT2D eigenvalue weighted by Gasteiger charge is -2.26. The predicted octanol–water partition coefficient (Wildman–Crippen LogP) is 2.74. The van der Waals surface area contributed by atoms with Crippen molar-refractivity contribution >= 4 is 0 Å². The van der Waals surface area contributed by atoms with E-state index in [1.165, 1.54) is 37.5 Å². The summed E-state index contributed by atoms with van der Waals surface area (Å²) in [7, 11) is 0. The summed E-state index contributed by atoms with van der Waals surface area (Å²) in [6, 6.07) is 3.48. The number of hydrogen-bond acceptors (Lipinski definition) is 2. The summed E-state index contributed by atoms with van der Waals surface area (Å²) >= 11 is 0. The van der Waals surface area contributed by atoms with E-state index in [4.69, 9.17) is 5.73 Å². The Morgan fingerprint density at radius 3 is 2.44 bits per heavy atom. The molecule has 1 fully saturated rings. The van der Waals surface area contributed by atoms with Crippen LogP contribution in [0, 0.1) is 17.6 Å². The van der Waals surface area contributed by atoms with Gasteiger partial charge in [-0.1, -0.05) is 25.3 Å². The molecule has 4 heteroatoms. The topological polar surface area (TPSA) is 38.0 Å². The Kier molecular flexibility index (Phi) is 4.66. The van der Waals surface area contributed by atoms with Crippen LogP contribution < -0.4 is 11.1 Å². The average molecular weight is 254 g/mol. The molecule has 0 amide bonds. The molecular weight excluding hydrogens is 234 g/mol. The molecule has 0 aromatic heterocycles. The van der Waals surface area contributed by atoms with Crippen molar-refractivity contribution in [1.82, 2.24) is 5.32 Å². The van der Waals surface area contributed by atoms with E-state index in [-0.39, 0.29) is 12.1 Å². The molecule has 1 unspecified atom stereocenters. The van der Waals surface area contributed by atoms with Crippen molar-refractivity contribution in [1.29, 1.82) is 0 Å². The minimum absolute atomic E-state index is 0.0635. The fourth-order valence-corrected chi connectivity index (χ4v) is 2.39. The lowest BCUT2D eigenvalue weighted by atomic mass is 9.83. The molecular formula is C14H20F2N2. The van der Waals surface area contributed by atoms with Gasteiger partial charge in [0.05, 0.1) is 6.04 Å². The third-order valence-corrected chi connectivity index (χ3v) is 3.75. The van der Waals surface area contributed by atoms with Crippen molar-refractivity contribution in [3.05, 3.63) is 35.4 Å². The molecule has 100 valence electrons. The minimum Gasteiger partial charge on any atom is -0.329 e. The predicted molar refractivity (Wildman–Crippen MR) is 68.1 cm³/mol. The van der Waals surface area contributed by atoms with E-state index in [2.05, 4.69) is 5.32 Å². The Bertz CT molecular complexity index is 371. The lowest BCUT2D eigenvalue weighted by Crippen LogP contribution is -2.32. The lowest BCUT2D eigenvalue weighted by molar-refractivity contribution is 0.287. The van der Waals surface area contributed by atoms with Gasteiger partial charge in [0, 0.05) is 12.1 Å². The van der Waals surface area contributed by atoms with Gasteiger partial charge in [-0.25, -0.2) is 8.78 Å². The SMILES string of the molecule is NCC(NCCC1CCC1)c1c(F)cccc1F. The summed E-state index contributed by atoms with van der Waals surface area (Å²) in [5.41, 5.74) is 5.67.